The zero-order valence-electron chi connectivity index (χ0n) is 19.3. The number of methoxy groups -OCH3 is 1. The number of phenolic OH excluding ortho intramolecular Hbond substituents is 1. The lowest BCUT2D eigenvalue weighted by Gasteiger charge is -2.25. The van der Waals surface area contributed by atoms with E-state index < -0.39 is 6.04 Å². The quantitative estimate of drug-likeness (QED) is 0.462. The fourth-order valence-electron chi connectivity index (χ4n) is 4.83. The van der Waals surface area contributed by atoms with Gasteiger partial charge < -0.3 is 19.2 Å². The molecule has 0 saturated carbocycles. The Bertz CT molecular complexity index is 1470. The van der Waals surface area contributed by atoms with Gasteiger partial charge in [0.25, 0.3) is 5.91 Å². The van der Waals surface area contributed by atoms with Gasteiger partial charge in [0, 0.05) is 6.54 Å². The van der Waals surface area contributed by atoms with Gasteiger partial charge in [-0.25, -0.2) is 0 Å². The molecule has 6 heteroatoms. The fraction of sp³-hybridized carbons (Fsp3) is 0.214. The van der Waals surface area contributed by atoms with Crippen molar-refractivity contribution in [1.82, 2.24) is 4.90 Å². The molecule has 1 aliphatic rings. The van der Waals surface area contributed by atoms with E-state index in [1.807, 2.05) is 50.2 Å². The van der Waals surface area contributed by atoms with Crippen LogP contribution >= 0.6 is 0 Å². The van der Waals surface area contributed by atoms with E-state index in [2.05, 4.69) is 0 Å². The molecule has 1 aromatic heterocycles. The summed E-state index contributed by atoms with van der Waals surface area (Å²) < 4.78 is 11.3. The van der Waals surface area contributed by atoms with Gasteiger partial charge in [0.1, 0.15) is 17.1 Å². The molecule has 5 rings (SSSR count). The van der Waals surface area contributed by atoms with Crippen molar-refractivity contribution in [3.05, 3.63) is 104 Å². The minimum Gasteiger partial charge on any atom is -0.508 e. The Morgan fingerprint density at radius 3 is 2.50 bits per heavy atom. The van der Waals surface area contributed by atoms with Gasteiger partial charge in [-0.3, -0.25) is 9.59 Å². The predicted molar refractivity (Wildman–Crippen MR) is 130 cm³/mol. The van der Waals surface area contributed by atoms with Crippen LogP contribution in [0.2, 0.25) is 0 Å². The molecule has 3 aromatic carbocycles. The summed E-state index contributed by atoms with van der Waals surface area (Å²) in [5.41, 5.74) is 4.01. The Balaban J connectivity index is 1.63. The van der Waals surface area contributed by atoms with Crippen molar-refractivity contribution in [3.63, 3.8) is 0 Å². The largest absolute Gasteiger partial charge is 0.508 e. The van der Waals surface area contributed by atoms with Crippen LogP contribution in [0.1, 0.15) is 44.4 Å². The predicted octanol–water partition coefficient (Wildman–Crippen LogP) is 4.91. The third-order valence-electron chi connectivity index (χ3n) is 6.40. The van der Waals surface area contributed by atoms with Crippen LogP contribution in [0.4, 0.5) is 0 Å². The summed E-state index contributed by atoms with van der Waals surface area (Å²) in [6.45, 7) is 4.18. The van der Waals surface area contributed by atoms with Gasteiger partial charge in [-0.05, 0) is 72.9 Å². The second kappa shape index (κ2) is 8.37. The molecule has 6 nitrogen and oxygen atoms in total. The van der Waals surface area contributed by atoms with Crippen LogP contribution in [0.15, 0.2) is 69.9 Å². The van der Waals surface area contributed by atoms with E-state index in [0.29, 0.717) is 35.1 Å². The number of rotatable bonds is 5. The Morgan fingerprint density at radius 1 is 1.03 bits per heavy atom. The third-order valence-corrected chi connectivity index (χ3v) is 6.40. The smallest absolute Gasteiger partial charge is 0.290 e. The Morgan fingerprint density at radius 2 is 1.79 bits per heavy atom. The van der Waals surface area contributed by atoms with Gasteiger partial charge in [0.15, 0.2) is 5.43 Å². The first-order valence-electron chi connectivity index (χ1n) is 11.2. The number of ether oxygens (including phenoxy) is 1. The number of amides is 1. The molecular formula is C28H25NO5. The number of carbonyl (C=O) groups excluding carboxylic acids is 1. The van der Waals surface area contributed by atoms with E-state index in [1.54, 1.807) is 36.3 Å². The third kappa shape index (κ3) is 3.61. The molecule has 0 fully saturated rings. The van der Waals surface area contributed by atoms with Crippen LogP contribution < -0.4 is 10.2 Å². The molecule has 0 radical (unpaired) electrons. The topological polar surface area (TPSA) is 80.0 Å². The second-order valence-electron chi connectivity index (χ2n) is 8.72. The minimum absolute atomic E-state index is 0.0745. The molecule has 4 aromatic rings. The van der Waals surface area contributed by atoms with Gasteiger partial charge >= 0.3 is 0 Å². The first-order chi connectivity index (χ1) is 16.4. The van der Waals surface area contributed by atoms with Gasteiger partial charge in [-0.2, -0.15) is 0 Å². The molecule has 1 atom stereocenters. The molecule has 1 amide bonds. The monoisotopic (exact) mass is 455 g/mol. The molecular weight excluding hydrogens is 430 g/mol. The lowest BCUT2D eigenvalue weighted by molar-refractivity contribution is 0.0730. The van der Waals surface area contributed by atoms with Crippen LogP contribution in [0, 0.1) is 13.8 Å². The lowest BCUT2D eigenvalue weighted by atomic mass is 9.96. The van der Waals surface area contributed by atoms with Gasteiger partial charge in [-0.15, -0.1) is 0 Å². The fourth-order valence-corrected chi connectivity index (χ4v) is 4.83. The Kier molecular flexibility index (Phi) is 5.36. The number of aromatic hydroxyl groups is 1. The number of hydrogen-bond donors (Lipinski definition) is 1. The van der Waals surface area contributed by atoms with Gasteiger partial charge in [0.2, 0.25) is 5.76 Å². The molecule has 0 spiro atoms. The Labute approximate surface area is 197 Å². The summed E-state index contributed by atoms with van der Waals surface area (Å²) in [6.07, 6.45) is 0.588. The Hall–Kier alpha value is -4.06. The zero-order valence-corrected chi connectivity index (χ0v) is 19.3. The maximum Gasteiger partial charge on any atom is 0.290 e. The van der Waals surface area contributed by atoms with Crippen LogP contribution in [0.5, 0.6) is 11.5 Å². The number of hydrogen-bond acceptors (Lipinski definition) is 5. The van der Waals surface area contributed by atoms with E-state index in [1.165, 1.54) is 0 Å². The van der Waals surface area contributed by atoms with E-state index in [0.717, 1.165) is 22.4 Å². The average molecular weight is 456 g/mol. The first kappa shape index (κ1) is 21.8. The van der Waals surface area contributed by atoms with Crippen molar-refractivity contribution in [3.8, 4) is 11.5 Å². The summed E-state index contributed by atoms with van der Waals surface area (Å²) in [7, 11) is 1.62. The molecule has 0 aliphatic carbocycles. The van der Waals surface area contributed by atoms with Gasteiger partial charge in [0.05, 0.1) is 24.1 Å². The first-order valence-corrected chi connectivity index (χ1v) is 11.2. The number of fused-ring (bicyclic) bond motifs is 2. The average Bonchev–Trinajstić information content (AvgIpc) is 3.09. The SMILES string of the molecule is COc1ccc(CCN2C(=O)c3oc4cc(C)cc(C)c4c(=O)c3[C@@H]2c2cccc(O)c2)cc1. The lowest BCUT2D eigenvalue weighted by Crippen LogP contribution is -2.31. The summed E-state index contributed by atoms with van der Waals surface area (Å²) >= 11 is 0. The number of carbonyl (C=O) groups is 1. The highest BCUT2D eigenvalue weighted by atomic mass is 16.5. The molecule has 2 heterocycles. The standard InChI is InChI=1S/C28H25NO5/c1-16-13-17(2)23-22(14-16)34-27-24(26(23)31)25(19-5-4-6-20(30)15-19)29(28(27)32)12-11-18-7-9-21(33-3)10-8-18/h4-10,13-15,25,30H,11-12H2,1-3H3/t25-/m0/s1. The highest BCUT2D eigenvalue weighted by Crippen LogP contribution is 2.39. The van der Waals surface area contributed by atoms with Crippen molar-refractivity contribution in [2.75, 3.05) is 13.7 Å². The van der Waals surface area contributed by atoms with Crippen molar-refractivity contribution in [2.24, 2.45) is 0 Å². The van der Waals surface area contributed by atoms with Crippen LogP contribution in [-0.4, -0.2) is 29.6 Å². The number of phenols is 1. The van der Waals surface area contributed by atoms with Crippen LogP contribution in [-0.2, 0) is 6.42 Å². The maximum atomic E-state index is 13.7. The second-order valence-corrected chi connectivity index (χ2v) is 8.72. The summed E-state index contributed by atoms with van der Waals surface area (Å²) in [4.78, 5) is 29.0. The zero-order chi connectivity index (χ0) is 24.0. The molecule has 172 valence electrons. The molecule has 0 unspecified atom stereocenters. The van der Waals surface area contributed by atoms with Crippen molar-refractivity contribution >= 4 is 16.9 Å². The van der Waals surface area contributed by atoms with E-state index in [9.17, 15) is 14.7 Å². The number of nitrogens with zero attached hydrogens (tertiary/aromatic N) is 1. The molecule has 34 heavy (non-hydrogen) atoms. The normalized spacial score (nSPS) is 15.1. The summed E-state index contributed by atoms with van der Waals surface area (Å²) in [5.74, 6) is 0.587. The van der Waals surface area contributed by atoms with Crippen LogP contribution in [0.25, 0.3) is 11.0 Å². The molecule has 0 saturated heterocycles. The summed E-state index contributed by atoms with van der Waals surface area (Å²) in [6, 6.07) is 17.5. The van der Waals surface area contributed by atoms with Crippen molar-refractivity contribution in [1.29, 1.82) is 0 Å². The number of aryl methyl sites for hydroxylation is 2. The number of benzene rings is 3. The van der Waals surface area contributed by atoms with E-state index in [-0.39, 0.29) is 22.8 Å². The molecule has 1 N–H and O–H groups in total. The molecule has 0 bridgehead atoms. The van der Waals surface area contributed by atoms with Crippen molar-refractivity contribution in [2.45, 2.75) is 26.3 Å². The van der Waals surface area contributed by atoms with E-state index in [4.69, 9.17) is 9.15 Å². The maximum absolute atomic E-state index is 13.7. The minimum atomic E-state index is -0.644. The van der Waals surface area contributed by atoms with Crippen LogP contribution in [0.3, 0.4) is 0 Å². The van der Waals surface area contributed by atoms with Gasteiger partial charge in [-0.1, -0.05) is 30.3 Å². The molecule has 1 aliphatic heterocycles. The van der Waals surface area contributed by atoms with E-state index >= 15 is 0 Å². The highest BCUT2D eigenvalue weighted by molar-refractivity contribution is 5.99. The van der Waals surface area contributed by atoms with Crippen molar-refractivity contribution < 1.29 is 19.1 Å². The highest BCUT2D eigenvalue weighted by Gasteiger charge is 2.42. The summed E-state index contributed by atoms with van der Waals surface area (Å²) in [5, 5.41) is 10.6.